The first-order valence-electron chi connectivity index (χ1n) is 13.2. The number of fused-ring (bicyclic) bond motifs is 1. The quantitative estimate of drug-likeness (QED) is 0.559. The van der Waals surface area contributed by atoms with Gasteiger partial charge in [-0.2, -0.15) is 0 Å². The van der Waals surface area contributed by atoms with Gasteiger partial charge in [0.15, 0.2) is 6.39 Å². The van der Waals surface area contributed by atoms with Crippen LogP contribution in [0, 0.1) is 11.2 Å². The van der Waals surface area contributed by atoms with Crippen LogP contribution in [0.2, 0.25) is 0 Å². The van der Waals surface area contributed by atoms with Gasteiger partial charge < -0.3 is 19.4 Å². The number of hydrogen-bond donors (Lipinski definition) is 1. The van der Waals surface area contributed by atoms with Gasteiger partial charge in [0, 0.05) is 38.1 Å². The third-order valence-corrected chi connectivity index (χ3v) is 7.63. The largest absolute Gasteiger partial charge is 0.492 e. The highest BCUT2D eigenvalue weighted by Gasteiger charge is 2.37. The number of para-hydroxylation sites is 1. The van der Waals surface area contributed by atoms with E-state index in [0.717, 1.165) is 37.8 Å². The summed E-state index contributed by atoms with van der Waals surface area (Å²) < 4.78 is 25.0. The van der Waals surface area contributed by atoms with E-state index in [1.165, 1.54) is 24.7 Å². The first kappa shape index (κ1) is 25.9. The topological polar surface area (TPSA) is 87.9 Å². The van der Waals surface area contributed by atoms with Crippen molar-refractivity contribution in [1.29, 1.82) is 0 Å². The number of nitrogens with zero attached hydrogens (tertiary/aromatic N) is 3. The van der Waals surface area contributed by atoms with Gasteiger partial charge >= 0.3 is 0 Å². The molecular formula is C29H33FN4O4. The maximum absolute atomic E-state index is 13.4. The Morgan fingerprint density at radius 1 is 1.03 bits per heavy atom. The van der Waals surface area contributed by atoms with Crippen molar-refractivity contribution in [2.45, 2.75) is 32.2 Å². The van der Waals surface area contributed by atoms with Crippen molar-refractivity contribution in [3.05, 3.63) is 83.8 Å². The van der Waals surface area contributed by atoms with E-state index in [1.54, 1.807) is 6.07 Å². The van der Waals surface area contributed by atoms with E-state index in [-0.39, 0.29) is 28.8 Å². The van der Waals surface area contributed by atoms with Gasteiger partial charge in [0.25, 0.3) is 11.8 Å². The van der Waals surface area contributed by atoms with Crippen molar-refractivity contribution in [2.75, 3.05) is 39.3 Å². The minimum atomic E-state index is -0.250. The third kappa shape index (κ3) is 6.22. The average molecular weight is 521 g/mol. The highest BCUT2D eigenvalue weighted by Crippen LogP contribution is 2.38. The van der Waals surface area contributed by atoms with Crippen LogP contribution in [0.15, 0.2) is 65.5 Å². The lowest BCUT2D eigenvalue weighted by Crippen LogP contribution is -2.45. The molecule has 0 bridgehead atoms. The zero-order valence-corrected chi connectivity index (χ0v) is 21.4. The zero-order chi connectivity index (χ0) is 26.4. The first-order chi connectivity index (χ1) is 18.5. The first-order valence-corrected chi connectivity index (χ1v) is 13.2. The Hall–Kier alpha value is -3.72. The molecule has 0 aliphatic carbocycles. The molecule has 2 aliphatic heterocycles. The molecule has 200 valence electrons. The lowest BCUT2D eigenvalue weighted by atomic mass is 9.75. The molecule has 3 heterocycles. The van der Waals surface area contributed by atoms with E-state index in [9.17, 15) is 14.0 Å². The van der Waals surface area contributed by atoms with Crippen LogP contribution >= 0.6 is 0 Å². The molecule has 2 aliphatic rings. The summed E-state index contributed by atoms with van der Waals surface area (Å²) in [6, 6.07) is 13.9. The van der Waals surface area contributed by atoms with Crippen LogP contribution in [0.3, 0.4) is 0 Å². The predicted octanol–water partition coefficient (Wildman–Crippen LogP) is 4.14. The maximum Gasteiger partial charge on any atom is 0.291 e. The second kappa shape index (κ2) is 11.8. The number of oxazole rings is 1. The number of aromatic nitrogens is 1. The Bertz CT molecular complexity index is 1220. The normalized spacial score (nSPS) is 18.9. The highest BCUT2D eigenvalue weighted by molar-refractivity contribution is 5.96. The molecule has 9 heteroatoms. The average Bonchev–Trinajstić information content (AvgIpc) is 3.48. The SMILES string of the molecule is O=C1NCCN(Cc2ccc(F)cc2)CCCC2(CCN(C(=O)c3cnco3)CC2)COc2ccccc21. The van der Waals surface area contributed by atoms with E-state index >= 15 is 0 Å². The molecule has 2 amide bonds. The minimum absolute atomic E-state index is 0.128. The number of nitrogens with one attached hydrogen (secondary N) is 1. The minimum Gasteiger partial charge on any atom is -0.492 e. The lowest BCUT2D eigenvalue weighted by molar-refractivity contribution is 0.0331. The number of halogens is 1. The van der Waals surface area contributed by atoms with Crippen LogP contribution in [0.25, 0.3) is 0 Å². The van der Waals surface area contributed by atoms with E-state index in [0.29, 0.717) is 50.6 Å². The summed E-state index contributed by atoms with van der Waals surface area (Å²) in [5.41, 5.74) is 1.42. The van der Waals surface area contributed by atoms with E-state index in [1.807, 2.05) is 35.2 Å². The number of carbonyl (C=O) groups is 2. The Kier molecular flexibility index (Phi) is 8.03. The Morgan fingerprint density at radius 2 is 1.82 bits per heavy atom. The van der Waals surface area contributed by atoms with Crippen molar-refractivity contribution in [1.82, 2.24) is 20.1 Å². The maximum atomic E-state index is 13.4. The molecule has 1 aromatic heterocycles. The molecule has 2 aromatic carbocycles. The fourth-order valence-corrected chi connectivity index (χ4v) is 5.36. The predicted molar refractivity (Wildman–Crippen MR) is 139 cm³/mol. The van der Waals surface area contributed by atoms with Gasteiger partial charge in [-0.25, -0.2) is 9.37 Å². The van der Waals surface area contributed by atoms with Crippen LogP contribution in [-0.4, -0.2) is 65.9 Å². The van der Waals surface area contributed by atoms with E-state index < -0.39 is 0 Å². The summed E-state index contributed by atoms with van der Waals surface area (Å²) in [5.74, 6) is 0.272. The van der Waals surface area contributed by atoms with Crippen molar-refractivity contribution in [3.8, 4) is 5.75 Å². The molecule has 1 N–H and O–H groups in total. The Labute approximate surface area is 221 Å². The van der Waals surface area contributed by atoms with Gasteiger partial charge in [-0.3, -0.25) is 14.5 Å². The lowest BCUT2D eigenvalue weighted by Gasteiger charge is -2.42. The smallest absolute Gasteiger partial charge is 0.291 e. The molecule has 5 rings (SSSR count). The van der Waals surface area contributed by atoms with Gasteiger partial charge in [-0.15, -0.1) is 0 Å². The standard InChI is InChI=1S/C29H33FN4O4/c30-23-8-6-22(7-9-23)19-33-14-3-10-29(11-15-34(16-12-29)28(36)26-18-31-21-38-26)20-37-25-5-2-1-4-24(25)27(35)32-13-17-33/h1-2,4-9,18,21H,3,10-17,19-20H2,(H,32,35). The molecule has 3 aromatic rings. The Balaban J connectivity index is 1.33. The molecule has 0 radical (unpaired) electrons. The fraction of sp³-hybridized carbons (Fsp3) is 0.414. The number of hydrogen-bond acceptors (Lipinski definition) is 6. The summed E-state index contributed by atoms with van der Waals surface area (Å²) in [5, 5.41) is 3.03. The zero-order valence-electron chi connectivity index (χ0n) is 21.4. The van der Waals surface area contributed by atoms with Crippen LogP contribution < -0.4 is 10.1 Å². The van der Waals surface area contributed by atoms with Gasteiger partial charge in [-0.1, -0.05) is 24.3 Å². The summed E-state index contributed by atoms with van der Waals surface area (Å²) in [7, 11) is 0. The van der Waals surface area contributed by atoms with E-state index in [2.05, 4.69) is 15.2 Å². The molecule has 1 fully saturated rings. The van der Waals surface area contributed by atoms with E-state index in [4.69, 9.17) is 9.15 Å². The number of likely N-dealkylation sites (tertiary alicyclic amines) is 1. The summed E-state index contributed by atoms with van der Waals surface area (Å²) in [6.07, 6.45) is 6.18. The second-order valence-electron chi connectivity index (χ2n) is 10.2. The van der Waals surface area contributed by atoms with Crippen molar-refractivity contribution < 1.29 is 23.1 Å². The summed E-state index contributed by atoms with van der Waals surface area (Å²) >= 11 is 0. The molecule has 8 nitrogen and oxygen atoms in total. The van der Waals surface area contributed by atoms with Crippen molar-refractivity contribution in [3.63, 3.8) is 0 Å². The third-order valence-electron chi connectivity index (χ3n) is 7.63. The molecular weight excluding hydrogens is 487 g/mol. The monoisotopic (exact) mass is 520 g/mol. The molecule has 0 saturated carbocycles. The number of rotatable bonds is 3. The van der Waals surface area contributed by atoms with Crippen LogP contribution in [0.4, 0.5) is 4.39 Å². The molecule has 38 heavy (non-hydrogen) atoms. The summed E-state index contributed by atoms with van der Waals surface area (Å²) in [4.78, 5) is 33.8. The molecule has 1 spiro atoms. The number of ether oxygens (including phenoxy) is 1. The fourth-order valence-electron chi connectivity index (χ4n) is 5.36. The summed E-state index contributed by atoms with van der Waals surface area (Å²) in [6.45, 7) is 4.36. The van der Waals surface area contributed by atoms with Crippen LogP contribution in [-0.2, 0) is 6.54 Å². The Morgan fingerprint density at radius 3 is 2.58 bits per heavy atom. The molecule has 1 saturated heterocycles. The van der Waals surface area contributed by atoms with Crippen molar-refractivity contribution >= 4 is 11.8 Å². The molecule has 0 atom stereocenters. The highest BCUT2D eigenvalue weighted by atomic mass is 19.1. The molecule has 0 unspecified atom stereocenters. The second-order valence-corrected chi connectivity index (χ2v) is 10.2. The number of carbonyl (C=O) groups excluding carboxylic acids is 2. The van der Waals surface area contributed by atoms with Gasteiger partial charge in [0.1, 0.15) is 11.6 Å². The van der Waals surface area contributed by atoms with Gasteiger partial charge in [-0.05, 0) is 62.1 Å². The van der Waals surface area contributed by atoms with Crippen LogP contribution in [0.1, 0.15) is 52.2 Å². The van der Waals surface area contributed by atoms with Crippen LogP contribution in [0.5, 0.6) is 5.75 Å². The number of piperidine rings is 1. The van der Waals surface area contributed by atoms with Crippen molar-refractivity contribution in [2.24, 2.45) is 5.41 Å². The number of amides is 2. The van der Waals surface area contributed by atoms with Gasteiger partial charge in [0.05, 0.1) is 18.4 Å². The number of benzene rings is 2. The van der Waals surface area contributed by atoms with Gasteiger partial charge in [0.2, 0.25) is 5.76 Å².